The van der Waals surface area contributed by atoms with E-state index in [1.807, 2.05) is 0 Å². The van der Waals surface area contributed by atoms with Crippen LogP contribution in [0, 0.1) is 11.7 Å². The average Bonchev–Trinajstić information content (AvgIpc) is 2.28. The Hall–Kier alpha value is -1.10. The minimum atomic E-state index is -4.48. The van der Waals surface area contributed by atoms with Crippen LogP contribution in [-0.2, 0) is 12.6 Å². The molecule has 100 valence electrons. The van der Waals surface area contributed by atoms with Crippen LogP contribution in [0.3, 0.4) is 0 Å². The molecule has 1 N–H and O–H groups in total. The van der Waals surface area contributed by atoms with Gasteiger partial charge in [0.25, 0.3) is 0 Å². The number of nitrogens with one attached hydrogen (secondary N) is 1. The normalized spacial score (nSPS) is 21.0. The second kappa shape index (κ2) is 5.26. The van der Waals surface area contributed by atoms with E-state index in [9.17, 15) is 17.6 Å². The smallest absolute Gasteiger partial charge is 0.316 e. The molecule has 1 aliphatic heterocycles. The third-order valence-electron chi connectivity index (χ3n) is 3.21. The van der Waals surface area contributed by atoms with E-state index < -0.39 is 17.6 Å². The molecule has 18 heavy (non-hydrogen) atoms. The lowest BCUT2D eigenvalue weighted by atomic mass is 9.91. The van der Waals surface area contributed by atoms with E-state index in [-0.39, 0.29) is 0 Å². The van der Waals surface area contributed by atoms with Crippen molar-refractivity contribution < 1.29 is 17.6 Å². The Morgan fingerprint density at radius 2 is 2.00 bits per heavy atom. The average molecular weight is 261 g/mol. The maximum atomic E-state index is 13.2. The molecule has 5 heteroatoms. The van der Waals surface area contributed by atoms with Gasteiger partial charge in [-0.25, -0.2) is 4.39 Å². The standard InChI is InChI=1S/C13H15F4N/c14-12-6-10(4-9-2-1-3-18-8-9)5-11(7-12)13(15,16)17/h5-7,9,18H,1-4,8H2. The quantitative estimate of drug-likeness (QED) is 0.805. The molecule has 1 heterocycles. The summed E-state index contributed by atoms with van der Waals surface area (Å²) >= 11 is 0. The van der Waals surface area contributed by atoms with Gasteiger partial charge in [-0.2, -0.15) is 13.2 Å². The molecular formula is C13H15F4N. The molecular weight excluding hydrogens is 246 g/mol. The molecule has 1 fully saturated rings. The van der Waals surface area contributed by atoms with Crippen LogP contribution in [0.4, 0.5) is 17.6 Å². The zero-order valence-electron chi connectivity index (χ0n) is 9.86. The van der Waals surface area contributed by atoms with Gasteiger partial charge in [0.1, 0.15) is 5.82 Å². The highest BCUT2D eigenvalue weighted by molar-refractivity contribution is 5.27. The Balaban J connectivity index is 2.14. The molecule has 0 radical (unpaired) electrons. The largest absolute Gasteiger partial charge is 0.416 e. The van der Waals surface area contributed by atoms with E-state index >= 15 is 0 Å². The van der Waals surface area contributed by atoms with Gasteiger partial charge in [0.05, 0.1) is 5.56 Å². The Labute approximate surface area is 103 Å². The van der Waals surface area contributed by atoms with Crippen molar-refractivity contribution >= 4 is 0 Å². The SMILES string of the molecule is Fc1cc(CC2CCCNC2)cc(C(F)(F)F)c1. The number of halogens is 4. The fourth-order valence-corrected chi connectivity index (χ4v) is 2.36. The molecule has 2 rings (SSSR count). The van der Waals surface area contributed by atoms with Crippen LogP contribution >= 0.6 is 0 Å². The summed E-state index contributed by atoms with van der Waals surface area (Å²) in [5, 5.41) is 3.20. The Kier molecular flexibility index (Phi) is 3.90. The van der Waals surface area contributed by atoms with Gasteiger partial charge >= 0.3 is 6.18 Å². The van der Waals surface area contributed by atoms with Crippen LogP contribution in [0.1, 0.15) is 24.0 Å². The maximum absolute atomic E-state index is 13.2. The Morgan fingerprint density at radius 1 is 1.22 bits per heavy atom. The van der Waals surface area contributed by atoms with E-state index in [0.29, 0.717) is 24.0 Å². The molecule has 1 aliphatic rings. The second-order valence-electron chi connectivity index (χ2n) is 4.76. The van der Waals surface area contributed by atoms with Crippen molar-refractivity contribution in [3.8, 4) is 0 Å². The summed E-state index contributed by atoms with van der Waals surface area (Å²) in [5.41, 5.74) is -0.475. The first kappa shape index (κ1) is 13.3. The summed E-state index contributed by atoms with van der Waals surface area (Å²) in [6.45, 7) is 1.74. The monoisotopic (exact) mass is 261 g/mol. The highest BCUT2D eigenvalue weighted by Crippen LogP contribution is 2.31. The van der Waals surface area contributed by atoms with Crippen LogP contribution in [0.25, 0.3) is 0 Å². The molecule has 1 saturated heterocycles. The van der Waals surface area contributed by atoms with Gasteiger partial charge in [-0.1, -0.05) is 0 Å². The minimum Gasteiger partial charge on any atom is -0.316 e. The van der Waals surface area contributed by atoms with Crippen LogP contribution in [0.5, 0.6) is 0 Å². The van der Waals surface area contributed by atoms with E-state index in [1.54, 1.807) is 0 Å². The van der Waals surface area contributed by atoms with Crippen LogP contribution < -0.4 is 5.32 Å². The summed E-state index contributed by atoms with van der Waals surface area (Å²) in [5.74, 6) is -0.523. The van der Waals surface area contributed by atoms with E-state index in [1.165, 1.54) is 6.07 Å². The summed E-state index contributed by atoms with van der Waals surface area (Å²) in [7, 11) is 0. The minimum absolute atomic E-state index is 0.293. The van der Waals surface area contributed by atoms with Gasteiger partial charge in [-0.3, -0.25) is 0 Å². The van der Waals surface area contributed by atoms with Crippen molar-refractivity contribution in [2.75, 3.05) is 13.1 Å². The van der Waals surface area contributed by atoms with E-state index in [4.69, 9.17) is 0 Å². The van der Waals surface area contributed by atoms with Crippen molar-refractivity contribution in [2.24, 2.45) is 5.92 Å². The van der Waals surface area contributed by atoms with Crippen LogP contribution in [-0.4, -0.2) is 13.1 Å². The van der Waals surface area contributed by atoms with Gasteiger partial charge in [0, 0.05) is 0 Å². The first-order chi connectivity index (χ1) is 8.45. The fourth-order valence-electron chi connectivity index (χ4n) is 2.36. The zero-order valence-corrected chi connectivity index (χ0v) is 9.86. The maximum Gasteiger partial charge on any atom is 0.416 e. The Bertz CT molecular complexity index is 408. The topological polar surface area (TPSA) is 12.0 Å². The summed E-state index contributed by atoms with van der Waals surface area (Å²) in [4.78, 5) is 0. The predicted molar refractivity (Wildman–Crippen MR) is 60.7 cm³/mol. The van der Waals surface area contributed by atoms with Gasteiger partial charge < -0.3 is 5.32 Å². The molecule has 1 nitrogen and oxygen atoms in total. The molecule has 0 aliphatic carbocycles. The fraction of sp³-hybridized carbons (Fsp3) is 0.538. The lowest BCUT2D eigenvalue weighted by Gasteiger charge is -2.23. The number of benzene rings is 1. The molecule has 1 atom stereocenters. The highest BCUT2D eigenvalue weighted by Gasteiger charge is 2.31. The lowest BCUT2D eigenvalue weighted by Crippen LogP contribution is -2.30. The molecule has 0 bridgehead atoms. The van der Waals surface area contributed by atoms with Crippen molar-refractivity contribution in [3.05, 3.63) is 35.1 Å². The molecule has 1 aromatic rings. The molecule has 0 amide bonds. The molecule has 0 saturated carbocycles. The molecule has 0 spiro atoms. The van der Waals surface area contributed by atoms with Crippen molar-refractivity contribution in [1.82, 2.24) is 5.32 Å². The van der Waals surface area contributed by atoms with Gasteiger partial charge in [-0.05, 0) is 62.0 Å². The van der Waals surface area contributed by atoms with Crippen LogP contribution in [0.2, 0.25) is 0 Å². The zero-order chi connectivity index (χ0) is 13.2. The lowest BCUT2D eigenvalue weighted by molar-refractivity contribution is -0.137. The number of hydrogen-bond donors (Lipinski definition) is 1. The number of piperidine rings is 1. The number of hydrogen-bond acceptors (Lipinski definition) is 1. The van der Waals surface area contributed by atoms with Crippen molar-refractivity contribution in [2.45, 2.75) is 25.4 Å². The van der Waals surface area contributed by atoms with Crippen molar-refractivity contribution in [3.63, 3.8) is 0 Å². The summed E-state index contributed by atoms with van der Waals surface area (Å²) in [6.07, 6.45) is -1.99. The second-order valence-corrected chi connectivity index (χ2v) is 4.76. The third-order valence-corrected chi connectivity index (χ3v) is 3.21. The van der Waals surface area contributed by atoms with Gasteiger partial charge in [0.2, 0.25) is 0 Å². The third kappa shape index (κ3) is 3.45. The summed E-state index contributed by atoms with van der Waals surface area (Å²) < 4.78 is 50.8. The highest BCUT2D eigenvalue weighted by atomic mass is 19.4. The first-order valence-electron chi connectivity index (χ1n) is 6.02. The Morgan fingerprint density at radius 3 is 2.61 bits per heavy atom. The molecule has 0 aromatic heterocycles. The van der Waals surface area contributed by atoms with E-state index in [0.717, 1.165) is 32.0 Å². The van der Waals surface area contributed by atoms with Crippen molar-refractivity contribution in [1.29, 1.82) is 0 Å². The summed E-state index contributed by atoms with van der Waals surface area (Å²) in [6, 6.07) is 2.80. The molecule has 1 aromatic carbocycles. The van der Waals surface area contributed by atoms with Gasteiger partial charge in [-0.15, -0.1) is 0 Å². The number of rotatable bonds is 2. The van der Waals surface area contributed by atoms with E-state index in [2.05, 4.69) is 5.32 Å². The number of alkyl halides is 3. The predicted octanol–water partition coefficient (Wildman–Crippen LogP) is 3.39. The molecule has 1 unspecified atom stereocenters. The first-order valence-corrected chi connectivity index (χ1v) is 6.02. The van der Waals surface area contributed by atoms with Gasteiger partial charge in [0.15, 0.2) is 0 Å². The van der Waals surface area contributed by atoms with Crippen LogP contribution in [0.15, 0.2) is 18.2 Å².